The zero-order chi connectivity index (χ0) is 14.9. The van der Waals surface area contributed by atoms with Crippen molar-refractivity contribution in [1.82, 2.24) is 4.98 Å². The van der Waals surface area contributed by atoms with Crippen molar-refractivity contribution in [3.63, 3.8) is 0 Å². The minimum absolute atomic E-state index is 0.498. The molecule has 0 aliphatic heterocycles. The largest absolute Gasteiger partial charge is 0.241 e. The van der Waals surface area contributed by atoms with Crippen LogP contribution in [0.2, 0.25) is 0 Å². The summed E-state index contributed by atoms with van der Waals surface area (Å²) in [7, 11) is 0. The van der Waals surface area contributed by atoms with E-state index in [1.807, 2.05) is 24.3 Å². The van der Waals surface area contributed by atoms with Gasteiger partial charge in [0.05, 0.1) is 22.3 Å². The van der Waals surface area contributed by atoms with Crippen LogP contribution in [0.4, 0.5) is 0 Å². The van der Waals surface area contributed by atoms with E-state index in [0.717, 1.165) is 11.3 Å². The molecule has 0 N–H and O–H groups in total. The third-order valence-electron chi connectivity index (χ3n) is 4.50. The lowest BCUT2D eigenvalue weighted by atomic mass is 9.73. The van der Waals surface area contributed by atoms with Crippen molar-refractivity contribution in [3.8, 4) is 17.3 Å². The number of rotatable bonds is 2. The minimum atomic E-state index is 0.498. The Labute approximate surface area is 130 Å². The first-order chi connectivity index (χ1) is 10.1. The maximum atomic E-state index is 9.00. The fraction of sp³-hybridized carbons (Fsp3) is 0.444. The number of thiazole rings is 1. The van der Waals surface area contributed by atoms with Crippen molar-refractivity contribution in [3.05, 3.63) is 40.2 Å². The minimum Gasteiger partial charge on any atom is -0.241 e. The van der Waals surface area contributed by atoms with E-state index in [0.29, 0.717) is 16.9 Å². The quantitative estimate of drug-likeness (QED) is 0.747. The molecule has 3 rings (SSSR count). The van der Waals surface area contributed by atoms with Crippen LogP contribution < -0.4 is 0 Å². The van der Waals surface area contributed by atoms with Gasteiger partial charge in [-0.2, -0.15) is 5.26 Å². The van der Waals surface area contributed by atoms with Crippen molar-refractivity contribution < 1.29 is 0 Å². The van der Waals surface area contributed by atoms with E-state index in [-0.39, 0.29) is 0 Å². The summed E-state index contributed by atoms with van der Waals surface area (Å²) < 4.78 is 0. The number of hydrogen-bond acceptors (Lipinski definition) is 3. The highest BCUT2D eigenvalue weighted by Gasteiger charge is 2.29. The molecule has 0 saturated heterocycles. The Bertz CT molecular complexity index is 669. The molecule has 0 bridgehead atoms. The lowest BCUT2D eigenvalue weighted by Gasteiger charge is -2.33. The number of hydrogen-bond donors (Lipinski definition) is 0. The van der Waals surface area contributed by atoms with Crippen molar-refractivity contribution in [1.29, 1.82) is 5.26 Å². The molecular weight excluding hydrogens is 276 g/mol. The van der Waals surface area contributed by atoms with Gasteiger partial charge in [0, 0.05) is 16.9 Å². The van der Waals surface area contributed by atoms with E-state index >= 15 is 0 Å². The van der Waals surface area contributed by atoms with Crippen LogP contribution in [0.15, 0.2) is 29.6 Å². The molecule has 0 atom stereocenters. The Balaban J connectivity index is 1.79. The van der Waals surface area contributed by atoms with Crippen LogP contribution in [-0.4, -0.2) is 4.98 Å². The zero-order valence-corrected chi connectivity index (χ0v) is 13.4. The predicted octanol–water partition coefficient (Wildman–Crippen LogP) is 5.37. The second kappa shape index (κ2) is 5.61. The van der Waals surface area contributed by atoms with Crippen LogP contribution in [0.1, 0.15) is 56.0 Å². The van der Waals surface area contributed by atoms with Gasteiger partial charge in [-0.15, -0.1) is 11.3 Å². The molecule has 0 amide bonds. The number of nitrogens with zero attached hydrogens (tertiary/aromatic N) is 2. The lowest BCUT2D eigenvalue weighted by Crippen LogP contribution is -2.20. The first-order valence-corrected chi connectivity index (χ1v) is 8.41. The standard InChI is InChI=1S/C18H20N2S/c1-18(2)8-6-14(7-9-18)17-20-16(12-21-17)15-5-3-4-13(10-15)11-19/h3-5,10,12,14H,6-9H2,1-2H3. The van der Waals surface area contributed by atoms with Crippen molar-refractivity contribution >= 4 is 11.3 Å². The first kappa shape index (κ1) is 14.3. The normalized spacial score (nSPS) is 18.3. The molecule has 0 spiro atoms. The van der Waals surface area contributed by atoms with Gasteiger partial charge in [-0.3, -0.25) is 0 Å². The molecule has 108 valence electrons. The first-order valence-electron chi connectivity index (χ1n) is 7.53. The highest BCUT2D eigenvalue weighted by Crippen LogP contribution is 2.43. The summed E-state index contributed by atoms with van der Waals surface area (Å²) in [4.78, 5) is 4.84. The van der Waals surface area contributed by atoms with Gasteiger partial charge >= 0.3 is 0 Å². The molecule has 1 aromatic heterocycles. The molecule has 1 heterocycles. The molecule has 0 unspecified atom stereocenters. The Kier molecular flexibility index (Phi) is 3.82. The van der Waals surface area contributed by atoms with E-state index < -0.39 is 0 Å². The Hall–Kier alpha value is -1.66. The molecular formula is C18H20N2S. The van der Waals surface area contributed by atoms with Crippen molar-refractivity contribution in [2.75, 3.05) is 0 Å². The third kappa shape index (κ3) is 3.16. The second-order valence-electron chi connectivity index (χ2n) is 6.70. The average molecular weight is 296 g/mol. The van der Waals surface area contributed by atoms with E-state index in [2.05, 4.69) is 25.3 Å². The van der Waals surface area contributed by atoms with Crippen LogP contribution in [0.3, 0.4) is 0 Å². The van der Waals surface area contributed by atoms with E-state index in [1.165, 1.54) is 30.7 Å². The molecule has 1 aliphatic carbocycles. The summed E-state index contributed by atoms with van der Waals surface area (Å²) in [6.45, 7) is 4.73. The van der Waals surface area contributed by atoms with Crippen molar-refractivity contribution in [2.24, 2.45) is 5.41 Å². The van der Waals surface area contributed by atoms with Gasteiger partial charge in [-0.25, -0.2) is 4.98 Å². The smallest absolute Gasteiger partial charge is 0.0991 e. The van der Waals surface area contributed by atoms with Gasteiger partial charge in [0.2, 0.25) is 0 Å². The molecule has 1 aliphatic rings. The Morgan fingerprint density at radius 3 is 2.76 bits per heavy atom. The highest BCUT2D eigenvalue weighted by atomic mass is 32.1. The second-order valence-corrected chi connectivity index (χ2v) is 7.59. The van der Waals surface area contributed by atoms with Gasteiger partial charge in [-0.1, -0.05) is 26.0 Å². The Morgan fingerprint density at radius 1 is 1.29 bits per heavy atom. The average Bonchev–Trinajstić information content (AvgIpc) is 2.97. The van der Waals surface area contributed by atoms with Crippen LogP contribution >= 0.6 is 11.3 Å². The summed E-state index contributed by atoms with van der Waals surface area (Å²) in [5.41, 5.74) is 3.25. The van der Waals surface area contributed by atoms with E-state index in [4.69, 9.17) is 10.2 Å². The Morgan fingerprint density at radius 2 is 2.05 bits per heavy atom. The number of aromatic nitrogens is 1. The fourth-order valence-corrected chi connectivity index (χ4v) is 4.00. The van der Waals surface area contributed by atoms with Gasteiger partial charge in [0.25, 0.3) is 0 Å². The maximum absolute atomic E-state index is 9.00. The van der Waals surface area contributed by atoms with Crippen LogP contribution in [0, 0.1) is 16.7 Å². The number of benzene rings is 1. The fourth-order valence-electron chi connectivity index (χ4n) is 3.00. The molecule has 0 radical (unpaired) electrons. The molecule has 1 saturated carbocycles. The third-order valence-corrected chi connectivity index (χ3v) is 5.50. The van der Waals surface area contributed by atoms with Crippen LogP contribution in [-0.2, 0) is 0 Å². The van der Waals surface area contributed by atoms with Gasteiger partial charge in [0.1, 0.15) is 0 Å². The molecule has 21 heavy (non-hydrogen) atoms. The summed E-state index contributed by atoms with van der Waals surface area (Å²) in [5, 5.41) is 12.4. The molecule has 2 aromatic rings. The lowest BCUT2D eigenvalue weighted by molar-refractivity contribution is 0.224. The topological polar surface area (TPSA) is 36.7 Å². The van der Waals surface area contributed by atoms with Gasteiger partial charge < -0.3 is 0 Å². The van der Waals surface area contributed by atoms with Gasteiger partial charge in [0.15, 0.2) is 0 Å². The highest BCUT2D eigenvalue weighted by molar-refractivity contribution is 7.10. The van der Waals surface area contributed by atoms with Crippen molar-refractivity contribution in [2.45, 2.75) is 45.4 Å². The SMILES string of the molecule is CC1(C)CCC(c2nc(-c3cccc(C#N)c3)cs2)CC1. The molecule has 1 aromatic carbocycles. The van der Waals surface area contributed by atoms with Gasteiger partial charge in [-0.05, 0) is 43.2 Å². The summed E-state index contributed by atoms with van der Waals surface area (Å²) in [6.07, 6.45) is 5.07. The summed E-state index contributed by atoms with van der Waals surface area (Å²) in [5.74, 6) is 0.621. The van der Waals surface area contributed by atoms with Crippen LogP contribution in [0.25, 0.3) is 11.3 Å². The number of nitriles is 1. The monoisotopic (exact) mass is 296 g/mol. The molecule has 3 heteroatoms. The molecule has 2 nitrogen and oxygen atoms in total. The summed E-state index contributed by atoms with van der Waals surface area (Å²) in [6, 6.07) is 9.90. The predicted molar refractivity (Wildman–Crippen MR) is 87.3 cm³/mol. The van der Waals surface area contributed by atoms with E-state index in [1.54, 1.807) is 11.3 Å². The van der Waals surface area contributed by atoms with Crippen LogP contribution in [0.5, 0.6) is 0 Å². The molecule has 1 fully saturated rings. The van der Waals surface area contributed by atoms with E-state index in [9.17, 15) is 0 Å². The zero-order valence-electron chi connectivity index (χ0n) is 12.6. The summed E-state index contributed by atoms with van der Waals surface area (Å²) >= 11 is 1.77. The maximum Gasteiger partial charge on any atom is 0.0991 e.